The number of aromatic hydroxyl groups is 1. The molecule has 4 nitrogen and oxygen atoms in total. The van der Waals surface area contributed by atoms with Crippen molar-refractivity contribution in [3.63, 3.8) is 0 Å². The normalized spacial score (nSPS) is 13.5. The monoisotopic (exact) mass is 345 g/mol. The number of hydrogen-bond acceptors (Lipinski definition) is 3. The number of aryl methyl sites for hydroxylation is 2. The van der Waals surface area contributed by atoms with Crippen LogP contribution in [0.2, 0.25) is 5.02 Å². The average molecular weight is 346 g/mol. The second-order valence-corrected chi connectivity index (χ2v) is 6.34. The Morgan fingerprint density at radius 2 is 2.12 bits per heavy atom. The predicted octanol–water partition coefficient (Wildman–Crippen LogP) is 4.35. The highest BCUT2D eigenvalue weighted by molar-refractivity contribution is 6.32. The van der Waals surface area contributed by atoms with Gasteiger partial charge in [-0.1, -0.05) is 29.3 Å². The lowest BCUT2D eigenvalue weighted by atomic mass is 9.98. The zero-order valence-electron chi connectivity index (χ0n) is 13.8. The largest absolute Gasteiger partial charge is 0.503 e. The number of carbonyl (C=O) groups is 1. The number of halogens is 1. The minimum Gasteiger partial charge on any atom is -0.503 e. The van der Waals surface area contributed by atoms with Gasteiger partial charge in [0.05, 0.1) is 11.6 Å². The average Bonchev–Trinajstić information content (AvgIpc) is 2.57. The second-order valence-electron chi connectivity index (χ2n) is 5.93. The van der Waals surface area contributed by atoms with E-state index in [-0.39, 0.29) is 22.4 Å². The number of phenols is 1. The lowest BCUT2D eigenvalue weighted by molar-refractivity contribution is 0.0984. The van der Waals surface area contributed by atoms with E-state index in [0.29, 0.717) is 18.7 Å². The smallest absolute Gasteiger partial charge is 0.258 e. The van der Waals surface area contributed by atoms with Crippen molar-refractivity contribution >= 4 is 23.2 Å². The summed E-state index contributed by atoms with van der Waals surface area (Å²) in [6.07, 6.45) is 1.90. The molecule has 0 radical (unpaired) electrons. The zero-order chi connectivity index (χ0) is 17.3. The molecule has 2 aromatic rings. The van der Waals surface area contributed by atoms with Crippen LogP contribution in [0.5, 0.6) is 11.5 Å². The Kier molecular flexibility index (Phi) is 4.67. The summed E-state index contributed by atoms with van der Waals surface area (Å²) in [5, 5.41) is 10.1. The summed E-state index contributed by atoms with van der Waals surface area (Å²) in [5.74, 6) is -0.0399. The number of nitrogens with zero attached hydrogens (tertiary/aromatic N) is 1. The van der Waals surface area contributed by atoms with Gasteiger partial charge in [0.1, 0.15) is 0 Å². The van der Waals surface area contributed by atoms with E-state index in [1.165, 1.54) is 17.2 Å². The van der Waals surface area contributed by atoms with Crippen molar-refractivity contribution in [1.82, 2.24) is 0 Å². The van der Waals surface area contributed by atoms with E-state index in [9.17, 15) is 9.90 Å². The number of amides is 1. The Hall–Kier alpha value is -2.20. The third kappa shape index (κ3) is 3.06. The van der Waals surface area contributed by atoms with Crippen molar-refractivity contribution in [1.29, 1.82) is 0 Å². The molecule has 0 atom stereocenters. The van der Waals surface area contributed by atoms with Crippen LogP contribution in [0, 0.1) is 6.92 Å². The molecular formula is C19H20ClNO3. The first-order valence-electron chi connectivity index (χ1n) is 8.08. The number of ether oxygens (including phenoxy) is 1. The topological polar surface area (TPSA) is 49.8 Å². The molecule has 0 saturated heterocycles. The van der Waals surface area contributed by atoms with Crippen LogP contribution in [0.15, 0.2) is 30.3 Å². The van der Waals surface area contributed by atoms with Crippen LogP contribution in [0.3, 0.4) is 0 Å². The summed E-state index contributed by atoms with van der Waals surface area (Å²) in [5.41, 5.74) is 3.73. The summed E-state index contributed by atoms with van der Waals surface area (Å²) in [6, 6.07) is 9.18. The number of fused-ring (bicyclic) bond motifs is 1. The van der Waals surface area contributed by atoms with E-state index in [1.54, 1.807) is 11.0 Å². The van der Waals surface area contributed by atoms with Crippen LogP contribution in [0.1, 0.15) is 34.8 Å². The Bertz CT molecular complexity index is 788. The molecule has 0 aliphatic carbocycles. The molecule has 1 heterocycles. The lowest BCUT2D eigenvalue weighted by Gasteiger charge is -2.30. The van der Waals surface area contributed by atoms with Gasteiger partial charge in [0.25, 0.3) is 5.91 Å². The van der Waals surface area contributed by atoms with Crippen LogP contribution in [0.25, 0.3) is 0 Å². The van der Waals surface area contributed by atoms with E-state index in [2.05, 4.69) is 13.0 Å². The van der Waals surface area contributed by atoms with Crippen molar-refractivity contribution in [3.8, 4) is 11.5 Å². The Morgan fingerprint density at radius 3 is 2.88 bits per heavy atom. The van der Waals surface area contributed by atoms with Crippen LogP contribution in [0.4, 0.5) is 5.69 Å². The van der Waals surface area contributed by atoms with Gasteiger partial charge in [-0.3, -0.25) is 4.79 Å². The van der Waals surface area contributed by atoms with E-state index in [0.717, 1.165) is 18.5 Å². The maximum atomic E-state index is 13.0. The molecule has 0 bridgehead atoms. The number of carbonyl (C=O) groups excluding carboxylic acids is 1. The number of hydrogen-bond donors (Lipinski definition) is 1. The van der Waals surface area contributed by atoms with Gasteiger partial charge in [-0.05, 0) is 50.5 Å². The van der Waals surface area contributed by atoms with Gasteiger partial charge in [-0.25, -0.2) is 0 Å². The summed E-state index contributed by atoms with van der Waals surface area (Å²) in [6.45, 7) is 4.91. The fourth-order valence-corrected chi connectivity index (χ4v) is 3.27. The summed E-state index contributed by atoms with van der Waals surface area (Å²) in [7, 11) is 0. The minimum absolute atomic E-state index is 0.116. The molecule has 1 amide bonds. The Morgan fingerprint density at radius 1 is 1.33 bits per heavy atom. The third-order valence-electron chi connectivity index (χ3n) is 4.17. The first-order valence-corrected chi connectivity index (χ1v) is 8.45. The van der Waals surface area contributed by atoms with Gasteiger partial charge in [-0.2, -0.15) is 0 Å². The second kappa shape index (κ2) is 6.73. The van der Waals surface area contributed by atoms with Gasteiger partial charge in [0, 0.05) is 17.8 Å². The molecule has 24 heavy (non-hydrogen) atoms. The highest BCUT2D eigenvalue weighted by Gasteiger charge is 2.25. The van der Waals surface area contributed by atoms with E-state index >= 15 is 0 Å². The zero-order valence-corrected chi connectivity index (χ0v) is 14.6. The molecule has 0 aromatic heterocycles. The van der Waals surface area contributed by atoms with Crippen molar-refractivity contribution in [2.45, 2.75) is 26.7 Å². The summed E-state index contributed by atoms with van der Waals surface area (Å²) >= 11 is 6.06. The molecular weight excluding hydrogens is 326 g/mol. The lowest BCUT2D eigenvalue weighted by Crippen LogP contribution is -2.35. The maximum absolute atomic E-state index is 13.0. The molecule has 1 aliphatic heterocycles. The molecule has 0 spiro atoms. The number of phenolic OH excluding ortho intramolecular Hbond substituents is 1. The highest BCUT2D eigenvalue weighted by Crippen LogP contribution is 2.37. The van der Waals surface area contributed by atoms with Crippen LogP contribution >= 0.6 is 11.6 Å². The molecule has 2 aromatic carbocycles. The predicted molar refractivity (Wildman–Crippen MR) is 95.5 cm³/mol. The Balaban J connectivity index is 1.99. The highest BCUT2D eigenvalue weighted by atomic mass is 35.5. The van der Waals surface area contributed by atoms with E-state index in [1.807, 2.05) is 19.1 Å². The van der Waals surface area contributed by atoms with Crippen molar-refractivity contribution in [2.75, 3.05) is 18.1 Å². The number of rotatable bonds is 3. The molecule has 5 heteroatoms. The fourth-order valence-electron chi connectivity index (χ4n) is 3.06. The first-order chi connectivity index (χ1) is 11.5. The van der Waals surface area contributed by atoms with Crippen LogP contribution < -0.4 is 9.64 Å². The molecule has 3 rings (SSSR count). The third-order valence-corrected chi connectivity index (χ3v) is 4.46. The fraction of sp³-hybridized carbons (Fsp3) is 0.316. The maximum Gasteiger partial charge on any atom is 0.258 e. The molecule has 126 valence electrons. The standard InChI is InChI=1S/C19H20ClNO3/c1-3-24-17-11-14(10-15(20)18(17)22)19(23)21-8-4-5-13-9-12(2)6-7-16(13)21/h6-7,9-11,22H,3-5,8H2,1-2H3. The summed E-state index contributed by atoms with van der Waals surface area (Å²) in [4.78, 5) is 14.8. The van der Waals surface area contributed by atoms with Gasteiger partial charge in [0.2, 0.25) is 0 Å². The van der Waals surface area contributed by atoms with Gasteiger partial charge < -0.3 is 14.7 Å². The van der Waals surface area contributed by atoms with Crippen molar-refractivity contribution in [3.05, 3.63) is 52.0 Å². The number of benzene rings is 2. The van der Waals surface area contributed by atoms with Crippen LogP contribution in [-0.2, 0) is 6.42 Å². The Labute approximate surface area is 146 Å². The quantitative estimate of drug-likeness (QED) is 0.899. The summed E-state index contributed by atoms with van der Waals surface area (Å²) < 4.78 is 5.38. The van der Waals surface area contributed by atoms with Crippen LogP contribution in [-0.4, -0.2) is 24.2 Å². The van der Waals surface area contributed by atoms with Gasteiger partial charge in [-0.15, -0.1) is 0 Å². The van der Waals surface area contributed by atoms with Crippen molar-refractivity contribution < 1.29 is 14.6 Å². The van der Waals surface area contributed by atoms with Gasteiger partial charge >= 0.3 is 0 Å². The molecule has 1 aliphatic rings. The molecule has 0 fully saturated rings. The van der Waals surface area contributed by atoms with Crippen molar-refractivity contribution in [2.24, 2.45) is 0 Å². The molecule has 0 unspecified atom stereocenters. The molecule has 0 saturated carbocycles. The molecule has 1 N–H and O–H groups in total. The number of anilines is 1. The van der Waals surface area contributed by atoms with E-state index < -0.39 is 0 Å². The first kappa shape index (κ1) is 16.7. The van der Waals surface area contributed by atoms with Gasteiger partial charge in [0.15, 0.2) is 11.5 Å². The minimum atomic E-state index is -0.136. The van der Waals surface area contributed by atoms with E-state index in [4.69, 9.17) is 16.3 Å². The SMILES string of the molecule is CCOc1cc(C(=O)N2CCCc3cc(C)ccc32)cc(Cl)c1O.